The number of nitrogens with two attached hydrogens (primary N) is 1. The van der Waals surface area contributed by atoms with Crippen molar-refractivity contribution in [3.63, 3.8) is 0 Å². The summed E-state index contributed by atoms with van der Waals surface area (Å²) in [5.74, 6) is -1.20. The second-order valence-corrected chi connectivity index (χ2v) is 5.31. The van der Waals surface area contributed by atoms with E-state index < -0.39 is 11.9 Å². The fourth-order valence-corrected chi connectivity index (χ4v) is 1.84. The summed E-state index contributed by atoms with van der Waals surface area (Å²) in [5, 5.41) is 4.99. The molecule has 23 heavy (non-hydrogen) atoms. The highest BCUT2D eigenvalue weighted by atomic mass is 16.2. The molecule has 0 radical (unpaired) electrons. The molecule has 0 bridgehead atoms. The fraction of sp³-hybridized carbons (Fsp3) is 0.429. The molecule has 0 spiro atoms. The summed E-state index contributed by atoms with van der Waals surface area (Å²) in [6.45, 7) is 3.74. The van der Waals surface area contributed by atoms with Crippen LogP contribution in [0.15, 0.2) is 23.3 Å². The minimum absolute atomic E-state index is 0.0439. The van der Waals surface area contributed by atoms with Crippen LogP contribution in [-0.2, 0) is 9.59 Å². The second-order valence-electron chi connectivity index (χ2n) is 5.31. The molecular formula is C14H23N6O3+. The Morgan fingerprint density at radius 1 is 1.39 bits per heavy atom. The van der Waals surface area contributed by atoms with Gasteiger partial charge in [0.2, 0.25) is 5.91 Å². The van der Waals surface area contributed by atoms with Gasteiger partial charge in [0.05, 0.1) is 6.54 Å². The third kappa shape index (κ3) is 6.30. The molecule has 0 aliphatic heterocycles. The average Bonchev–Trinajstić information content (AvgIpc) is 2.98. The molecule has 0 fully saturated rings. The maximum atomic E-state index is 11.8. The molecular weight excluding hydrogens is 300 g/mol. The summed E-state index contributed by atoms with van der Waals surface area (Å²) in [7, 11) is 0. The minimum Gasteiger partial charge on any atom is -0.370 e. The summed E-state index contributed by atoms with van der Waals surface area (Å²) in [4.78, 5) is 41.4. The number of H-pyrrole nitrogens is 1. The quantitative estimate of drug-likeness (QED) is 0.301. The van der Waals surface area contributed by atoms with Crippen molar-refractivity contribution in [1.29, 1.82) is 0 Å². The summed E-state index contributed by atoms with van der Waals surface area (Å²) >= 11 is 0. The van der Waals surface area contributed by atoms with Crippen molar-refractivity contribution < 1.29 is 20.1 Å². The molecule has 1 aromatic heterocycles. The fourth-order valence-electron chi connectivity index (χ4n) is 1.84. The first-order valence-corrected chi connectivity index (χ1v) is 7.21. The van der Waals surface area contributed by atoms with E-state index in [1.807, 2.05) is 13.8 Å². The molecule has 3 amide bonds. The van der Waals surface area contributed by atoms with E-state index in [9.17, 15) is 14.4 Å². The van der Waals surface area contributed by atoms with Crippen LogP contribution in [0, 0.1) is 5.92 Å². The lowest BCUT2D eigenvalue weighted by molar-refractivity contribution is -0.309. The zero-order valence-corrected chi connectivity index (χ0v) is 13.3. The van der Waals surface area contributed by atoms with Crippen molar-refractivity contribution in [2.45, 2.75) is 26.3 Å². The number of amides is 3. The minimum atomic E-state index is -0.614. The van der Waals surface area contributed by atoms with Crippen molar-refractivity contribution in [2.24, 2.45) is 16.6 Å². The summed E-state index contributed by atoms with van der Waals surface area (Å²) in [6, 6.07) is 2.66. The Hall–Kier alpha value is -2.68. The molecule has 0 aliphatic rings. The maximum Gasteiger partial charge on any atom is 0.331 e. The first-order chi connectivity index (χ1) is 10.8. The van der Waals surface area contributed by atoms with E-state index in [4.69, 9.17) is 5.73 Å². The van der Waals surface area contributed by atoms with Crippen LogP contribution in [0.5, 0.6) is 0 Å². The van der Waals surface area contributed by atoms with Crippen LogP contribution >= 0.6 is 0 Å². The lowest BCUT2D eigenvalue weighted by atomic mass is 10.0. The van der Waals surface area contributed by atoms with Crippen LogP contribution in [0.3, 0.4) is 0 Å². The van der Waals surface area contributed by atoms with Gasteiger partial charge in [-0.3, -0.25) is 25.6 Å². The summed E-state index contributed by atoms with van der Waals surface area (Å²) in [6.07, 6.45) is 1.66. The third-order valence-corrected chi connectivity index (χ3v) is 3.04. The van der Waals surface area contributed by atoms with E-state index in [1.165, 1.54) is 0 Å². The van der Waals surface area contributed by atoms with E-state index >= 15 is 0 Å². The number of nitrogens with one attached hydrogen (secondary N) is 3. The smallest absolute Gasteiger partial charge is 0.331 e. The van der Waals surface area contributed by atoms with Crippen LogP contribution in [0.25, 0.3) is 0 Å². The monoisotopic (exact) mass is 323 g/mol. The van der Waals surface area contributed by atoms with Gasteiger partial charge >= 0.3 is 5.91 Å². The number of guanidine groups is 1. The Kier molecular flexibility index (Phi) is 6.94. The summed E-state index contributed by atoms with van der Waals surface area (Å²) < 4.78 is 0. The number of aliphatic imine (C=N–C) groups is 1. The molecule has 9 nitrogen and oxygen atoms in total. The van der Waals surface area contributed by atoms with Crippen LogP contribution in [-0.4, -0.2) is 41.3 Å². The van der Waals surface area contributed by atoms with Gasteiger partial charge < -0.3 is 16.0 Å². The molecule has 0 unspecified atom stereocenters. The van der Waals surface area contributed by atoms with Crippen LogP contribution in [0.2, 0.25) is 0 Å². The second kappa shape index (κ2) is 8.69. The molecule has 0 saturated carbocycles. The first kappa shape index (κ1) is 18.4. The number of carbonyl (C=O) groups excluding carboxylic acids is 3. The summed E-state index contributed by atoms with van der Waals surface area (Å²) in [5.41, 5.74) is 9.26. The van der Waals surface area contributed by atoms with Gasteiger partial charge in [0.15, 0.2) is 5.96 Å². The predicted molar refractivity (Wildman–Crippen MR) is 84.0 cm³/mol. The van der Waals surface area contributed by atoms with Gasteiger partial charge in [-0.2, -0.15) is 0 Å². The van der Waals surface area contributed by atoms with E-state index in [0.29, 0.717) is 5.69 Å². The topological polar surface area (TPSA) is 157 Å². The molecule has 1 aromatic rings. The normalized spacial score (nSPS) is 12.8. The van der Waals surface area contributed by atoms with Gasteiger partial charge in [-0.25, -0.2) is 4.79 Å². The van der Waals surface area contributed by atoms with E-state index in [-0.39, 0.29) is 36.7 Å². The standard InChI is InChI=1S/C14H22N6O3/c1-8(2)11(12(15)22)19-10(21)5-7-18-14(16)20-13(23)9-4-3-6-17-9/h3-4,6,8,11,17H,5,7H2,1-2H3,(H2,15,22)(H,19,21)(H3,16,18,20,23)/p+1/t11-/m0/s1. The lowest BCUT2D eigenvalue weighted by Crippen LogP contribution is -2.67. The molecule has 1 rings (SSSR count). The predicted octanol–water partition coefficient (Wildman–Crippen LogP) is -1.64. The number of aromatic nitrogens is 1. The van der Waals surface area contributed by atoms with Gasteiger partial charge in [0.25, 0.3) is 5.91 Å². The van der Waals surface area contributed by atoms with Crippen LogP contribution < -0.4 is 22.1 Å². The Balaban J connectivity index is 2.40. The van der Waals surface area contributed by atoms with Gasteiger partial charge in [0, 0.05) is 12.6 Å². The Morgan fingerprint density at radius 3 is 2.61 bits per heavy atom. The van der Waals surface area contributed by atoms with E-state index in [1.54, 1.807) is 18.3 Å². The highest BCUT2D eigenvalue weighted by Gasteiger charge is 2.24. The van der Waals surface area contributed by atoms with Crippen molar-refractivity contribution in [3.05, 3.63) is 24.0 Å². The highest BCUT2D eigenvalue weighted by Crippen LogP contribution is 2.00. The molecule has 8 N–H and O–H groups in total. The number of hydrogen-bond donors (Lipinski definition) is 5. The zero-order chi connectivity index (χ0) is 17.4. The molecule has 1 heterocycles. The van der Waals surface area contributed by atoms with E-state index in [2.05, 4.69) is 26.3 Å². The number of rotatable bonds is 7. The molecule has 1 atom stereocenters. The van der Waals surface area contributed by atoms with E-state index in [0.717, 1.165) is 0 Å². The number of aromatic amines is 1. The molecule has 0 saturated heterocycles. The third-order valence-electron chi connectivity index (χ3n) is 3.04. The average molecular weight is 323 g/mol. The largest absolute Gasteiger partial charge is 0.370 e. The van der Waals surface area contributed by atoms with Crippen molar-refractivity contribution in [2.75, 3.05) is 6.54 Å². The number of carbonyl (C=O) groups is 3. The van der Waals surface area contributed by atoms with Crippen LogP contribution in [0.1, 0.15) is 30.8 Å². The molecule has 9 heteroatoms. The lowest BCUT2D eigenvalue weighted by Gasteiger charge is -2.16. The molecule has 0 aromatic carbocycles. The molecule has 126 valence electrons. The van der Waals surface area contributed by atoms with Crippen molar-refractivity contribution in [1.82, 2.24) is 15.6 Å². The van der Waals surface area contributed by atoms with Gasteiger partial charge in [-0.15, -0.1) is 0 Å². The van der Waals surface area contributed by atoms with Gasteiger partial charge in [0.1, 0.15) is 11.7 Å². The number of quaternary nitrogens is 1. The highest BCUT2D eigenvalue weighted by molar-refractivity contribution is 6.04. The SMILES string of the molecule is CC(C)[C@H](NC(=O)CCN=C(N)NC(=O)c1ccc[nH]1)C([NH3+])=O. The first-order valence-electron chi connectivity index (χ1n) is 7.21. The Bertz CT molecular complexity index is 579. The van der Waals surface area contributed by atoms with Crippen LogP contribution in [0.4, 0.5) is 0 Å². The molecule has 0 aliphatic carbocycles. The maximum absolute atomic E-state index is 11.8. The van der Waals surface area contributed by atoms with Gasteiger partial charge in [-0.05, 0) is 18.1 Å². The van der Waals surface area contributed by atoms with Gasteiger partial charge in [-0.1, -0.05) is 13.8 Å². The number of nitrogens with zero attached hydrogens (tertiary/aromatic N) is 1. The zero-order valence-electron chi connectivity index (χ0n) is 13.3. The van der Waals surface area contributed by atoms with Crippen molar-refractivity contribution in [3.8, 4) is 0 Å². The Labute approximate surface area is 133 Å². The van der Waals surface area contributed by atoms with Crippen molar-refractivity contribution >= 4 is 23.7 Å². The Morgan fingerprint density at radius 2 is 2.09 bits per heavy atom. The number of hydrogen-bond acceptors (Lipinski definition) is 4.